The molecule has 3 heteroatoms. The maximum atomic E-state index is 11.2. The number of carboxylic acid groups (broad SMARTS) is 1. The monoisotopic (exact) mass is 231 g/mol. The largest absolute Gasteiger partial charge is 0.481 e. The van der Waals surface area contributed by atoms with E-state index in [1.165, 1.54) is 0 Å². The van der Waals surface area contributed by atoms with E-state index >= 15 is 0 Å². The van der Waals surface area contributed by atoms with E-state index < -0.39 is 11.4 Å². The predicted molar refractivity (Wildman–Crippen MR) is 68.2 cm³/mol. The average molecular weight is 231 g/mol. The molecule has 0 bridgehead atoms. The molecular weight excluding hydrogens is 214 g/mol. The molecule has 0 radical (unpaired) electrons. The molecule has 17 heavy (non-hydrogen) atoms. The summed E-state index contributed by atoms with van der Waals surface area (Å²) < 4.78 is 0. The van der Waals surface area contributed by atoms with Crippen molar-refractivity contribution in [2.45, 2.75) is 27.2 Å². The van der Waals surface area contributed by atoms with Gasteiger partial charge in [0.15, 0.2) is 0 Å². The lowest BCUT2D eigenvalue weighted by molar-refractivity contribution is -0.146. The molecule has 0 spiro atoms. The smallest absolute Gasteiger partial charge is 0.309 e. The Bertz CT molecular complexity index is 567. The number of aromatic nitrogens is 1. The fraction of sp³-hybridized carbons (Fsp3) is 0.357. The maximum absolute atomic E-state index is 11.2. The highest BCUT2D eigenvalue weighted by Gasteiger charge is 2.29. The third kappa shape index (κ3) is 2.05. The molecule has 2 aromatic rings. The van der Waals surface area contributed by atoms with Crippen molar-refractivity contribution in [2.75, 3.05) is 0 Å². The SMILES string of the molecule is Cc1[nH]c2ccccc2c1CC(C)(C)C(=O)O. The molecule has 1 aromatic carbocycles. The number of carbonyl (C=O) groups is 1. The van der Waals surface area contributed by atoms with Crippen molar-refractivity contribution in [2.24, 2.45) is 5.41 Å². The van der Waals surface area contributed by atoms with Crippen LogP contribution in [0.1, 0.15) is 25.1 Å². The Hall–Kier alpha value is -1.77. The van der Waals surface area contributed by atoms with Crippen molar-refractivity contribution in [3.05, 3.63) is 35.5 Å². The number of hydrogen-bond donors (Lipinski definition) is 2. The fourth-order valence-corrected chi connectivity index (χ4v) is 2.08. The molecule has 0 fully saturated rings. The van der Waals surface area contributed by atoms with Gasteiger partial charge in [0.1, 0.15) is 0 Å². The van der Waals surface area contributed by atoms with Gasteiger partial charge in [0, 0.05) is 16.6 Å². The summed E-state index contributed by atoms with van der Waals surface area (Å²) in [6, 6.07) is 8.00. The second-order valence-electron chi connectivity index (χ2n) is 5.14. The number of benzene rings is 1. The number of rotatable bonds is 3. The van der Waals surface area contributed by atoms with E-state index in [2.05, 4.69) is 4.98 Å². The molecule has 3 nitrogen and oxygen atoms in total. The average Bonchev–Trinajstić information content (AvgIpc) is 2.55. The Morgan fingerprint density at radius 1 is 1.35 bits per heavy atom. The maximum Gasteiger partial charge on any atom is 0.309 e. The first-order valence-corrected chi connectivity index (χ1v) is 5.71. The van der Waals surface area contributed by atoms with Crippen LogP contribution < -0.4 is 0 Å². The molecule has 1 heterocycles. The Morgan fingerprint density at radius 3 is 2.65 bits per heavy atom. The van der Waals surface area contributed by atoms with Crippen molar-refractivity contribution in [3.63, 3.8) is 0 Å². The molecule has 0 aliphatic heterocycles. The van der Waals surface area contributed by atoms with Gasteiger partial charge >= 0.3 is 5.97 Å². The number of aliphatic carboxylic acids is 1. The highest BCUT2D eigenvalue weighted by molar-refractivity contribution is 5.85. The molecule has 2 N–H and O–H groups in total. The van der Waals surface area contributed by atoms with E-state index in [0.29, 0.717) is 6.42 Å². The molecule has 0 aliphatic carbocycles. The molecule has 0 unspecified atom stereocenters. The summed E-state index contributed by atoms with van der Waals surface area (Å²) in [7, 11) is 0. The van der Waals surface area contributed by atoms with Gasteiger partial charge in [-0.15, -0.1) is 0 Å². The standard InChI is InChI=1S/C14H17NO2/c1-9-11(8-14(2,3)13(16)17)10-6-4-5-7-12(10)15-9/h4-7,15H,8H2,1-3H3,(H,16,17). The minimum atomic E-state index is -0.762. The summed E-state index contributed by atoms with van der Waals surface area (Å²) in [5, 5.41) is 10.3. The van der Waals surface area contributed by atoms with Crippen LogP contribution in [0, 0.1) is 12.3 Å². The Kier molecular flexibility index (Phi) is 2.69. The van der Waals surface area contributed by atoms with Gasteiger partial charge in [0.25, 0.3) is 0 Å². The summed E-state index contributed by atoms with van der Waals surface area (Å²) in [5.41, 5.74) is 2.49. The quantitative estimate of drug-likeness (QED) is 0.852. The van der Waals surface area contributed by atoms with Gasteiger partial charge < -0.3 is 10.1 Å². The van der Waals surface area contributed by atoms with Crippen LogP contribution in [0.15, 0.2) is 24.3 Å². The first-order valence-electron chi connectivity index (χ1n) is 5.71. The summed E-state index contributed by atoms with van der Waals surface area (Å²) in [6.07, 6.45) is 0.540. The van der Waals surface area contributed by atoms with Gasteiger partial charge in [-0.05, 0) is 38.8 Å². The Morgan fingerprint density at radius 2 is 2.00 bits per heavy atom. The molecule has 0 amide bonds. The van der Waals surface area contributed by atoms with E-state index in [4.69, 9.17) is 0 Å². The second kappa shape index (κ2) is 3.91. The van der Waals surface area contributed by atoms with E-state index in [1.54, 1.807) is 13.8 Å². The minimum Gasteiger partial charge on any atom is -0.481 e. The molecule has 0 aliphatic rings. The molecule has 90 valence electrons. The molecule has 0 atom stereocenters. The number of aryl methyl sites for hydroxylation is 1. The van der Waals surface area contributed by atoms with Crippen molar-refractivity contribution in [1.29, 1.82) is 0 Å². The number of nitrogens with one attached hydrogen (secondary N) is 1. The van der Waals surface area contributed by atoms with E-state index in [0.717, 1.165) is 22.2 Å². The van der Waals surface area contributed by atoms with Crippen LogP contribution in [0.5, 0.6) is 0 Å². The van der Waals surface area contributed by atoms with Gasteiger partial charge in [-0.3, -0.25) is 4.79 Å². The van der Waals surface area contributed by atoms with Crippen LogP contribution in [0.2, 0.25) is 0 Å². The first-order chi connectivity index (χ1) is 7.92. The number of aromatic amines is 1. The second-order valence-corrected chi connectivity index (χ2v) is 5.14. The van der Waals surface area contributed by atoms with Gasteiger partial charge in [-0.2, -0.15) is 0 Å². The molecule has 0 saturated heterocycles. The third-order valence-corrected chi connectivity index (χ3v) is 3.22. The van der Waals surface area contributed by atoms with Crippen molar-refractivity contribution >= 4 is 16.9 Å². The van der Waals surface area contributed by atoms with Crippen LogP contribution in [0.3, 0.4) is 0 Å². The zero-order chi connectivity index (χ0) is 12.6. The number of para-hydroxylation sites is 1. The van der Waals surface area contributed by atoms with Gasteiger partial charge in [-0.25, -0.2) is 0 Å². The molecular formula is C14H17NO2. The topological polar surface area (TPSA) is 53.1 Å². The highest BCUT2D eigenvalue weighted by Crippen LogP contribution is 2.29. The Labute approximate surface area is 100 Å². The van der Waals surface area contributed by atoms with Crippen LogP contribution in [0.25, 0.3) is 10.9 Å². The third-order valence-electron chi connectivity index (χ3n) is 3.22. The van der Waals surface area contributed by atoms with E-state index in [-0.39, 0.29) is 0 Å². The number of carboxylic acids is 1. The lowest BCUT2D eigenvalue weighted by atomic mass is 9.85. The van der Waals surface area contributed by atoms with Gasteiger partial charge in [0.05, 0.1) is 5.41 Å². The molecule has 2 rings (SSSR count). The first kappa shape index (κ1) is 11.7. The summed E-state index contributed by atoms with van der Waals surface area (Å²) >= 11 is 0. The predicted octanol–water partition coefficient (Wildman–Crippen LogP) is 3.13. The van der Waals surface area contributed by atoms with E-state index in [1.807, 2.05) is 31.2 Å². The number of fused-ring (bicyclic) bond motifs is 1. The molecule has 1 aromatic heterocycles. The summed E-state index contributed by atoms with van der Waals surface area (Å²) in [4.78, 5) is 14.5. The lowest BCUT2D eigenvalue weighted by Crippen LogP contribution is -2.26. The zero-order valence-electron chi connectivity index (χ0n) is 10.4. The van der Waals surface area contributed by atoms with Gasteiger partial charge in [0.2, 0.25) is 0 Å². The van der Waals surface area contributed by atoms with Crippen molar-refractivity contribution < 1.29 is 9.90 Å². The fourth-order valence-electron chi connectivity index (χ4n) is 2.08. The van der Waals surface area contributed by atoms with Crippen LogP contribution in [-0.2, 0) is 11.2 Å². The van der Waals surface area contributed by atoms with Crippen molar-refractivity contribution in [1.82, 2.24) is 4.98 Å². The summed E-state index contributed by atoms with van der Waals surface area (Å²) in [6.45, 7) is 5.51. The highest BCUT2D eigenvalue weighted by atomic mass is 16.4. The van der Waals surface area contributed by atoms with Crippen LogP contribution in [-0.4, -0.2) is 16.1 Å². The summed E-state index contributed by atoms with van der Waals surface area (Å²) in [5.74, 6) is -0.762. The lowest BCUT2D eigenvalue weighted by Gasteiger charge is -2.19. The zero-order valence-corrected chi connectivity index (χ0v) is 10.4. The Balaban J connectivity index is 2.49. The molecule has 0 saturated carbocycles. The van der Waals surface area contributed by atoms with Gasteiger partial charge in [-0.1, -0.05) is 18.2 Å². The van der Waals surface area contributed by atoms with Crippen LogP contribution >= 0.6 is 0 Å². The van der Waals surface area contributed by atoms with E-state index in [9.17, 15) is 9.90 Å². The normalized spacial score (nSPS) is 11.9. The number of hydrogen-bond acceptors (Lipinski definition) is 1. The minimum absolute atomic E-state index is 0.540. The van der Waals surface area contributed by atoms with Crippen molar-refractivity contribution in [3.8, 4) is 0 Å². The number of H-pyrrole nitrogens is 1. The van der Waals surface area contributed by atoms with Crippen LogP contribution in [0.4, 0.5) is 0 Å².